The molecular weight excluding hydrogens is 639 g/mol. The van der Waals surface area contributed by atoms with E-state index in [1.54, 1.807) is 0 Å². The van der Waals surface area contributed by atoms with Crippen molar-refractivity contribution in [2.24, 2.45) is 0 Å². The number of hydrogen-bond acceptors (Lipinski definition) is 1. The van der Waals surface area contributed by atoms with Crippen LogP contribution in [0.25, 0.3) is 76.5 Å². The van der Waals surface area contributed by atoms with E-state index in [1.807, 2.05) is 0 Å². The molecule has 248 valence electrons. The van der Waals surface area contributed by atoms with Gasteiger partial charge in [0.05, 0.1) is 0 Å². The zero-order valence-corrected chi connectivity index (χ0v) is 29.2. The van der Waals surface area contributed by atoms with Crippen LogP contribution in [0.15, 0.2) is 212 Å². The van der Waals surface area contributed by atoms with Gasteiger partial charge in [-0.05, 0) is 125 Å². The highest BCUT2D eigenvalue weighted by molar-refractivity contribution is 6.09. The first-order valence-electron chi connectivity index (χ1n) is 18.2. The Kier molecular flexibility index (Phi) is 7.55. The summed E-state index contributed by atoms with van der Waals surface area (Å²) in [6.07, 6.45) is 0. The summed E-state index contributed by atoms with van der Waals surface area (Å²) in [6, 6.07) is 77.2. The maximum Gasteiger partial charge on any atom is 0.0462 e. The smallest absolute Gasteiger partial charge is 0.0462 e. The SMILES string of the molecule is c1ccc(-c2ccc(N(c3ccc(-c4ccc5c(ccc6ccccc65)c4)cc3)c3ccc(-c4ccc5c(ccc6ccccc65)c4)cc3)cc2)cc1. The minimum absolute atomic E-state index is 1.11. The highest BCUT2D eigenvalue weighted by Crippen LogP contribution is 2.39. The Morgan fingerprint density at radius 2 is 0.528 bits per heavy atom. The van der Waals surface area contributed by atoms with E-state index in [-0.39, 0.29) is 0 Å². The lowest BCUT2D eigenvalue weighted by atomic mass is 9.97. The van der Waals surface area contributed by atoms with E-state index in [2.05, 4.69) is 217 Å². The molecule has 1 nitrogen and oxygen atoms in total. The molecular formula is C52H35N. The van der Waals surface area contributed by atoms with Crippen LogP contribution in [0.5, 0.6) is 0 Å². The van der Waals surface area contributed by atoms with Gasteiger partial charge in [-0.1, -0.05) is 164 Å². The molecule has 0 N–H and O–H groups in total. The highest BCUT2D eigenvalue weighted by Gasteiger charge is 2.14. The second-order valence-electron chi connectivity index (χ2n) is 13.8. The van der Waals surface area contributed by atoms with Crippen molar-refractivity contribution < 1.29 is 0 Å². The Balaban J connectivity index is 1.01. The van der Waals surface area contributed by atoms with Gasteiger partial charge in [0, 0.05) is 17.1 Å². The van der Waals surface area contributed by atoms with Crippen molar-refractivity contribution in [3.05, 3.63) is 212 Å². The highest BCUT2D eigenvalue weighted by atomic mass is 15.1. The Morgan fingerprint density at radius 3 is 0.981 bits per heavy atom. The van der Waals surface area contributed by atoms with Crippen molar-refractivity contribution in [2.75, 3.05) is 4.90 Å². The Hall–Kier alpha value is -6.96. The molecule has 10 aromatic carbocycles. The van der Waals surface area contributed by atoms with Crippen molar-refractivity contribution in [3.63, 3.8) is 0 Å². The molecule has 0 radical (unpaired) electrons. The Morgan fingerprint density at radius 1 is 0.208 bits per heavy atom. The van der Waals surface area contributed by atoms with Crippen molar-refractivity contribution in [2.45, 2.75) is 0 Å². The topological polar surface area (TPSA) is 3.24 Å². The maximum absolute atomic E-state index is 2.35. The number of nitrogens with zero attached hydrogens (tertiary/aromatic N) is 1. The first-order valence-corrected chi connectivity index (χ1v) is 18.2. The molecule has 0 atom stereocenters. The minimum Gasteiger partial charge on any atom is -0.311 e. The second kappa shape index (κ2) is 13.0. The summed E-state index contributed by atoms with van der Waals surface area (Å²) >= 11 is 0. The third kappa shape index (κ3) is 5.69. The van der Waals surface area contributed by atoms with Crippen molar-refractivity contribution in [1.29, 1.82) is 0 Å². The third-order valence-electron chi connectivity index (χ3n) is 10.6. The molecule has 0 heterocycles. The van der Waals surface area contributed by atoms with Gasteiger partial charge in [0.25, 0.3) is 0 Å². The van der Waals surface area contributed by atoms with E-state index in [1.165, 1.54) is 76.5 Å². The molecule has 0 unspecified atom stereocenters. The molecule has 0 saturated carbocycles. The quantitative estimate of drug-likeness (QED) is 0.159. The summed E-state index contributed by atoms with van der Waals surface area (Å²) in [5.74, 6) is 0. The largest absolute Gasteiger partial charge is 0.311 e. The number of fused-ring (bicyclic) bond motifs is 6. The van der Waals surface area contributed by atoms with E-state index >= 15 is 0 Å². The number of hydrogen-bond donors (Lipinski definition) is 0. The first-order chi connectivity index (χ1) is 26.2. The van der Waals surface area contributed by atoms with Crippen molar-refractivity contribution >= 4 is 60.2 Å². The minimum atomic E-state index is 1.11. The van der Waals surface area contributed by atoms with Crippen LogP contribution in [0, 0.1) is 0 Å². The van der Waals surface area contributed by atoms with E-state index < -0.39 is 0 Å². The molecule has 0 aliphatic carbocycles. The van der Waals surface area contributed by atoms with Gasteiger partial charge in [0.2, 0.25) is 0 Å². The van der Waals surface area contributed by atoms with E-state index in [0.29, 0.717) is 0 Å². The van der Waals surface area contributed by atoms with Crippen LogP contribution in [0.1, 0.15) is 0 Å². The number of benzene rings is 10. The average molecular weight is 674 g/mol. The molecule has 0 aromatic heterocycles. The van der Waals surface area contributed by atoms with Gasteiger partial charge in [0.15, 0.2) is 0 Å². The molecule has 0 bridgehead atoms. The molecule has 0 aliphatic rings. The molecule has 53 heavy (non-hydrogen) atoms. The molecule has 0 amide bonds. The lowest BCUT2D eigenvalue weighted by Crippen LogP contribution is -2.09. The molecule has 0 aliphatic heterocycles. The van der Waals surface area contributed by atoms with Gasteiger partial charge in [-0.2, -0.15) is 0 Å². The average Bonchev–Trinajstić information content (AvgIpc) is 3.24. The Bertz CT molecular complexity index is 2740. The van der Waals surface area contributed by atoms with Crippen LogP contribution in [-0.2, 0) is 0 Å². The zero-order chi connectivity index (χ0) is 35.1. The van der Waals surface area contributed by atoms with Gasteiger partial charge in [0.1, 0.15) is 0 Å². The summed E-state index contributed by atoms with van der Waals surface area (Å²) in [4.78, 5) is 2.35. The summed E-state index contributed by atoms with van der Waals surface area (Å²) < 4.78 is 0. The van der Waals surface area contributed by atoms with Gasteiger partial charge in [-0.3, -0.25) is 0 Å². The molecule has 10 aromatic rings. The van der Waals surface area contributed by atoms with Crippen LogP contribution in [0.4, 0.5) is 17.1 Å². The van der Waals surface area contributed by atoms with Crippen LogP contribution < -0.4 is 4.90 Å². The molecule has 1 heteroatoms. The fourth-order valence-corrected chi connectivity index (χ4v) is 7.87. The Labute approximate surface area is 309 Å². The van der Waals surface area contributed by atoms with Gasteiger partial charge >= 0.3 is 0 Å². The fourth-order valence-electron chi connectivity index (χ4n) is 7.87. The van der Waals surface area contributed by atoms with Gasteiger partial charge < -0.3 is 4.90 Å². The van der Waals surface area contributed by atoms with E-state index in [0.717, 1.165) is 17.1 Å². The first kappa shape index (κ1) is 30.8. The van der Waals surface area contributed by atoms with Crippen LogP contribution in [0.2, 0.25) is 0 Å². The molecule has 0 spiro atoms. The summed E-state index contributed by atoms with van der Waals surface area (Å²) in [7, 11) is 0. The summed E-state index contributed by atoms with van der Waals surface area (Å²) in [5.41, 5.74) is 10.6. The third-order valence-corrected chi connectivity index (χ3v) is 10.6. The standard InChI is InChI=1S/C52H35N/c1-2-8-36(9-3-1)37-18-26-46(27-19-37)53(47-28-20-38(21-29-47)42-24-32-51-44(34-42)16-14-40-10-4-6-12-49(40)51)48-30-22-39(23-31-48)43-25-33-52-45(35-43)17-15-41-11-5-7-13-50(41)52/h1-35H. The fraction of sp³-hybridized carbons (Fsp3) is 0. The predicted molar refractivity (Wildman–Crippen MR) is 227 cm³/mol. The summed E-state index contributed by atoms with van der Waals surface area (Å²) in [6.45, 7) is 0. The van der Waals surface area contributed by atoms with Gasteiger partial charge in [-0.15, -0.1) is 0 Å². The van der Waals surface area contributed by atoms with Crippen LogP contribution in [-0.4, -0.2) is 0 Å². The van der Waals surface area contributed by atoms with E-state index in [9.17, 15) is 0 Å². The summed E-state index contributed by atoms with van der Waals surface area (Å²) in [5, 5.41) is 10.2. The lowest BCUT2D eigenvalue weighted by Gasteiger charge is -2.26. The maximum atomic E-state index is 2.35. The zero-order valence-electron chi connectivity index (χ0n) is 29.2. The van der Waals surface area contributed by atoms with Crippen molar-refractivity contribution in [3.8, 4) is 33.4 Å². The normalized spacial score (nSPS) is 11.4. The van der Waals surface area contributed by atoms with Gasteiger partial charge in [-0.25, -0.2) is 0 Å². The lowest BCUT2D eigenvalue weighted by molar-refractivity contribution is 1.28. The number of rotatable bonds is 6. The second-order valence-corrected chi connectivity index (χ2v) is 13.8. The van der Waals surface area contributed by atoms with Crippen LogP contribution in [0.3, 0.4) is 0 Å². The van der Waals surface area contributed by atoms with Crippen molar-refractivity contribution in [1.82, 2.24) is 0 Å². The predicted octanol–water partition coefficient (Wildman–Crippen LogP) is 14.8. The van der Waals surface area contributed by atoms with Crippen LogP contribution >= 0.6 is 0 Å². The molecule has 10 rings (SSSR count). The molecule has 0 fully saturated rings. The van der Waals surface area contributed by atoms with E-state index in [4.69, 9.17) is 0 Å². The number of anilines is 3. The molecule has 0 saturated heterocycles. The monoisotopic (exact) mass is 673 g/mol.